The second kappa shape index (κ2) is 32.5. The van der Waals surface area contributed by atoms with Gasteiger partial charge in [0, 0.05) is 28.0 Å². The number of hydrogen-bond donors (Lipinski definition) is 8. The first kappa shape index (κ1) is 58.9. The maximum absolute atomic E-state index is 13.0. The summed E-state index contributed by atoms with van der Waals surface area (Å²) in [7, 11) is -16.7. The van der Waals surface area contributed by atoms with Gasteiger partial charge in [0.2, 0.25) is 0 Å². The highest BCUT2D eigenvalue weighted by molar-refractivity contribution is 7.59. The average Bonchev–Trinajstić information content (AvgIpc) is 3.18. The number of esters is 2. The molecular weight excluding hydrogens is 897 g/mol. The molecule has 0 spiro atoms. The van der Waals surface area contributed by atoms with E-state index in [4.69, 9.17) is 18.5 Å². The highest BCUT2D eigenvalue weighted by atomic mass is 32.1. The first-order valence-electron chi connectivity index (χ1n) is 19.3. The van der Waals surface area contributed by atoms with Crippen LogP contribution in [-0.4, -0.2) is 108 Å². The van der Waals surface area contributed by atoms with Crippen LogP contribution in [0.25, 0.3) is 0 Å². The predicted molar refractivity (Wildman–Crippen MR) is 250 cm³/mol. The van der Waals surface area contributed by atoms with Crippen LogP contribution >= 0.6 is 37.0 Å². The SMILES string of the molecule is CC#CC#CC#CC#CC#CC#CC(=O)OC[C@H](COP(=O)(O)OC1C(O)[C@H](OP(=O)(O)O)C(O)C(OP(=O)(O)O)[C@@H]1O)OC(=O)CCCCCCCCCCCCCCC.S.[HH].[HH].[HH].[HH].[HH].[HH].[HH].[HH].[HH].[HH].[HH]. The standard InChI is InChI=1S/C39H53O19P3.H2S.11H2/c1-3-5-7-9-11-13-15-16-18-20-22-24-26-28-33(41)55-31(29-53-32(40)27-25-23-21-19-17-14-12-10-8-6-4-2)30-54-61(51,52)58-39-35(43)37(56-59(45,46)47)34(42)38(36(39)44)57-60(48,49)50;;;;;;;;;;;;/h31,34-39,42-44H,3,5,7,9,11,13,15-16,18,20,22,24,26,28-30H2,1-2H3,(H,51,52)(H2,45,46,47)(H2,48,49,50);1H2;11*1H/t31-,34?,35+,36?,37?,38-,39?;;;;;;;;;;;;/m1............/s1. The molecule has 0 amide bonds. The highest BCUT2D eigenvalue weighted by Crippen LogP contribution is 2.51. The largest absolute Gasteiger partial charge is 0.472 e. The number of hydrogen-bond acceptors (Lipinski definition) is 14. The van der Waals surface area contributed by atoms with Gasteiger partial charge in [0.1, 0.15) is 43.2 Å². The number of ether oxygens (including phenoxy) is 2. The zero-order valence-corrected chi connectivity index (χ0v) is 37.9. The Labute approximate surface area is 385 Å². The highest BCUT2D eigenvalue weighted by Gasteiger charge is 2.56. The van der Waals surface area contributed by atoms with Gasteiger partial charge >= 0.3 is 35.4 Å². The number of rotatable bonds is 26. The van der Waals surface area contributed by atoms with E-state index in [-0.39, 0.29) is 35.6 Å². The maximum atomic E-state index is 13.0. The molecule has 0 aromatic rings. The van der Waals surface area contributed by atoms with E-state index in [1.165, 1.54) is 44.9 Å². The van der Waals surface area contributed by atoms with E-state index < -0.39 is 91.3 Å². The van der Waals surface area contributed by atoms with Crippen molar-refractivity contribution in [1.82, 2.24) is 0 Å². The zero-order chi connectivity index (χ0) is 45.7. The summed E-state index contributed by atoms with van der Waals surface area (Å²) in [6.45, 7) is 1.96. The number of carbonyl (C=O) groups excluding carboxylic acids is 2. The summed E-state index contributed by atoms with van der Waals surface area (Å²) in [5, 5.41) is 31.6. The Morgan fingerprint density at radius 1 is 0.581 bits per heavy atom. The lowest BCUT2D eigenvalue weighted by Crippen LogP contribution is -2.65. The molecule has 62 heavy (non-hydrogen) atoms. The van der Waals surface area contributed by atoms with Crippen LogP contribution < -0.4 is 0 Å². The Hall–Kier alpha value is -3.14. The Kier molecular flexibility index (Phi) is 30.9. The first-order chi connectivity index (χ1) is 28.8. The van der Waals surface area contributed by atoms with Gasteiger partial charge in [0.15, 0.2) is 6.10 Å². The van der Waals surface area contributed by atoms with Gasteiger partial charge in [-0.2, -0.15) is 13.5 Å². The summed E-state index contributed by atoms with van der Waals surface area (Å²) in [5.41, 5.74) is 0. The predicted octanol–water partition coefficient (Wildman–Crippen LogP) is 5.34. The molecule has 5 unspecified atom stereocenters. The van der Waals surface area contributed by atoms with E-state index in [0.29, 0.717) is 12.8 Å². The fourth-order valence-electron chi connectivity index (χ4n) is 5.47. The molecule has 8 N–H and O–H groups in total. The molecule has 1 rings (SSSR count). The van der Waals surface area contributed by atoms with Crippen molar-refractivity contribution in [3.63, 3.8) is 0 Å². The van der Waals surface area contributed by atoms with Crippen LogP contribution in [-0.2, 0) is 50.9 Å². The van der Waals surface area contributed by atoms with E-state index >= 15 is 0 Å². The van der Waals surface area contributed by atoms with E-state index in [1.807, 2.05) is 5.92 Å². The Morgan fingerprint density at radius 2 is 0.968 bits per heavy atom. The molecule has 0 aliphatic heterocycles. The Bertz CT molecular complexity index is 1940. The lowest BCUT2D eigenvalue weighted by Gasteiger charge is -2.44. The third kappa shape index (κ3) is 28.5. The number of phosphoric acid groups is 3. The van der Waals surface area contributed by atoms with E-state index in [1.54, 1.807) is 6.92 Å². The number of aliphatic hydroxyl groups is 3. The number of phosphoric ester groups is 3. The van der Waals surface area contributed by atoms with Crippen molar-refractivity contribution >= 4 is 48.9 Å². The van der Waals surface area contributed by atoms with Crippen LogP contribution in [0.5, 0.6) is 0 Å². The molecule has 8 atom stereocenters. The Morgan fingerprint density at radius 3 is 1.39 bits per heavy atom. The van der Waals surface area contributed by atoms with Gasteiger partial charge in [0.25, 0.3) is 0 Å². The molecular formula is C39H77O19P3S. The fraction of sp³-hybridized carbons (Fsp3) is 0.641. The molecule has 0 radical (unpaired) electrons. The molecule has 19 nitrogen and oxygen atoms in total. The van der Waals surface area contributed by atoms with Gasteiger partial charge in [-0.05, 0) is 72.5 Å². The topological polar surface area (TPSA) is 303 Å². The minimum Gasteiger partial charge on any atom is -0.456 e. The smallest absolute Gasteiger partial charge is 0.456 e. The minimum atomic E-state index is -5.58. The van der Waals surface area contributed by atoms with Gasteiger partial charge in [-0.3, -0.25) is 22.9 Å². The van der Waals surface area contributed by atoms with E-state index in [2.05, 4.69) is 81.1 Å². The van der Waals surface area contributed by atoms with Crippen molar-refractivity contribution in [3.05, 3.63) is 0 Å². The van der Waals surface area contributed by atoms with Crippen molar-refractivity contribution in [2.45, 2.75) is 146 Å². The van der Waals surface area contributed by atoms with Gasteiger partial charge in [-0.1, -0.05) is 89.9 Å². The van der Waals surface area contributed by atoms with E-state index in [9.17, 15) is 63.1 Å². The quantitative estimate of drug-likeness (QED) is 0.0178. The third-order valence-electron chi connectivity index (χ3n) is 8.25. The molecule has 23 heteroatoms. The monoisotopic (exact) mass is 974 g/mol. The summed E-state index contributed by atoms with van der Waals surface area (Å²) in [6, 6.07) is 0. The lowest BCUT2D eigenvalue weighted by molar-refractivity contribution is -0.213. The molecule has 1 aliphatic carbocycles. The molecule has 0 heterocycles. The van der Waals surface area contributed by atoms with E-state index in [0.717, 1.165) is 25.7 Å². The summed E-state index contributed by atoms with van der Waals surface area (Å²) in [4.78, 5) is 72.4. The van der Waals surface area contributed by atoms with Crippen LogP contribution in [0.1, 0.15) is 119 Å². The second-order valence-corrected chi connectivity index (χ2v) is 17.0. The normalized spacial score (nSPS) is 20.5. The second-order valence-electron chi connectivity index (χ2n) is 13.3. The molecule has 368 valence electrons. The van der Waals surface area contributed by atoms with Crippen LogP contribution in [0.4, 0.5) is 0 Å². The van der Waals surface area contributed by atoms with Crippen LogP contribution in [0.2, 0.25) is 0 Å². The van der Waals surface area contributed by atoms with Gasteiger partial charge in [0.05, 0.1) is 6.61 Å². The number of unbranched alkanes of at least 4 members (excludes halogenated alkanes) is 12. The molecule has 0 bridgehead atoms. The van der Waals surface area contributed by atoms with Crippen molar-refractivity contribution < 1.29 is 106 Å². The average molecular weight is 975 g/mol. The molecule has 1 aliphatic rings. The van der Waals surface area contributed by atoms with Crippen LogP contribution in [0.15, 0.2) is 0 Å². The maximum Gasteiger partial charge on any atom is 0.472 e. The fourth-order valence-corrected chi connectivity index (χ4v) is 7.57. The minimum absolute atomic E-state index is 0. The van der Waals surface area contributed by atoms with Crippen LogP contribution in [0.3, 0.4) is 0 Å². The lowest BCUT2D eigenvalue weighted by atomic mass is 9.85. The molecule has 0 saturated heterocycles. The number of carbonyl (C=O) groups is 2. The number of aliphatic hydroxyl groups excluding tert-OH is 3. The first-order valence-corrected chi connectivity index (χ1v) is 23.8. The Balaban J connectivity index is -0.000000310. The van der Waals surface area contributed by atoms with Gasteiger partial charge in [-0.25, -0.2) is 18.5 Å². The summed E-state index contributed by atoms with van der Waals surface area (Å²) >= 11 is 0. The van der Waals surface area contributed by atoms with Gasteiger partial charge < -0.3 is 49.3 Å². The molecule has 0 aromatic carbocycles. The third-order valence-corrected chi connectivity index (χ3v) is 10.3. The molecule has 0 aromatic heterocycles. The zero-order valence-electron chi connectivity index (χ0n) is 34.3. The summed E-state index contributed by atoms with van der Waals surface area (Å²) in [5.74, 6) is 26.3. The summed E-state index contributed by atoms with van der Waals surface area (Å²) in [6.07, 6.45) is -3.04. The van der Waals surface area contributed by atoms with Crippen molar-refractivity contribution in [2.24, 2.45) is 0 Å². The van der Waals surface area contributed by atoms with Crippen LogP contribution in [0, 0.1) is 71.0 Å². The van der Waals surface area contributed by atoms with Crippen molar-refractivity contribution in [1.29, 1.82) is 0 Å². The van der Waals surface area contributed by atoms with Gasteiger partial charge in [-0.15, -0.1) is 0 Å². The summed E-state index contributed by atoms with van der Waals surface area (Å²) < 4.78 is 64.5. The molecule has 1 fully saturated rings. The van der Waals surface area contributed by atoms with Crippen molar-refractivity contribution in [3.8, 4) is 71.0 Å². The molecule has 1 saturated carbocycles. The van der Waals surface area contributed by atoms with Crippen molar-refractivity contribution in [2.75, 3.05) is 13.2 Å².